The zero-order valence-electron chi connectivity index (χ0n) is 13.6. The Kier molecular flexibility index (Phi) is 7.02. The monoisotopic (exact) mass is 282 g/mol. The van der Waals surface area contributed by atoms with Gasteiger partial charge in [-0.05, 0) is 13.3 Å². The first-order valence-corrected chi connectivity index (χ1v) is 7.62. The van der Waals surface area contributed by atoms with E-state index in [1.165, 1.54) is 5.56 Å². The molecule has 0 unspecified atom stereocenters. The van der Waals surface area contributed by atoms with Crippen LogP contribution in [0.3, 0.4) is 0 Å². The molecule has 1 rings (SSSR count). The number of aryl methyl sites for hydroxylation is 2. The number of aliphatic hydroxyl groups is 1. The van der Waals surface area contributed by atoms with Gasteiger partial charge in [-0.25, -0.2) is 0 Å². The number of aromatic nitrogens is 2. The summed E-state index contributed by atoms with van der Waals surface area (Å²) in [4.78, 5) is 2.25. The van der Waals surface area contributed by atoms with Gasteiger partial charge in [0.15, 0.2) is 0 Å². The van der Waals surface area contributed by atoms with E-state index in [9.17, 15) is 5.11 Å². The first-order chi connectivity index (χ1) is 9.51. The smallest absolute Gasteiger partial charge is 0.131 e. The quantitative estimate of drug-likeness (QED) is 0.725. The van der Waals surface area contributed by atoms with Gasteiger partial charge in [-0.1, -0.05) is 27.2 Å². The maximum absolute atomic E-state index is 9.32. The average molecular weight is 282 g/mol. The molecule has 0 radical (unpaired) electrons. The second kappa shape index (κ2) is 8.27. The van der Waals surface area contributed by atoms with Gasteiger partial charge in [-0.15, -0.1) is 0 Å². The molecule has 20 heavy (non-hydrogen) atoms. The van der Waals surface area contributed by atoms with E-state index in [2.05, 4.69) is 43.0 Å². The molecule has 1 aromatic heterocycles. The number of unbranched alkanes of at least 4 members (excludes halogenated alkanes) is 1. The first kappa shape index (κ1) is 17.0. The Balaban J connectivity index is 2.98. The summed E-state index contributed by atoms with van der Waals surface area (Å²) in [6, 6.07) is 0.449. The molecule has 0 aromatic carbocycles. The van der Waals surface area contributed by atoms with Gasteiger partial charge in [-0.2, -0.15) is 5.10 Å². The normalized spacial score (nSPS) is 11.3. The summed E-state index contributed by atoms with van der Waals surface area (Å²) in [5.41, 5.74) is 2.31. The van der Waals surface area contributed by atoms with Gasteiger partial charge in [0.2, 0.25) is 0 Å². The summed E-state index contributed by atoms with van der Waals surface area (Å²) in [6.45, 7) is 11.1. The lowest BCUT2D eigenvalue weighted by atomic mass is 10.2. The second-order valence-corrected chi connectivity index (χ2v) is 5.61. The standard InChI is InChI=1S/C15H30N4O/c1-6-7-8-19(9-10-20)15-14(11-16-12(2)3)13(4)17-18(15)5/h12,16,20H,6-11H2,1-5H3. The van der Waals surface area contributed by atoms with Gasteiger partial charge >= 0.3 is 0 Å². The molecule has 0 aliphatic heterocycles. The Morgan fingerprint density at radius 3 is 2.60 bits per heavy atom. The number of aliphatic hydroxyl groups excluding tert-OH is 1. The lowest BCUT2D eigenvalue weighted by Crippen LogP contribution is -2.31. The Morgan fingerprint density at radius 2 is 2.05 bits per heavy atom. The molecule has 0 saturated carbocycles. The molecule has 0 amide bonds. The maximum atomic E-state index is 9.32. The van der Waals surface area contributed by atoms with Crippen molar-refractivity contribution in [1.82, 2.24) is 15.1 Å². The number of nitrogens with one attached hydrogen (secondary N) is 1. The number of nitrogens with zero attached hydrogens (tertiary/aromatic N) is 3. The summed E-state index contributed by atoms with van der Waals surface area (Å²) in [5.74, 6) is 1.14. The number of hydrogen-bond donors (Lipinski definition) is 2. The van der Waals surface area contributed by atoms with Crippen molar-refractivity contribution in [2.45, 2.75) is 53.1 Å². The van der Waals surface area contributed by atoms with E-state index in [0.717, 1.165) is 37.4 Å². The third kappa shape index (κ3) is 4.49. The minimum Gasteiger partial charge on any atom is -0.395 e. The van der Waals surface area contributed by atoms with Crippen molar-refractivity contribution in [3.05, 3.63) is 11.3 Å². The molecule has 0 saturated heterocycles. The molecule has 1 aromatic rings. The molecule has 0 aliphatic rings. The van der Waals surface area contributed by atoms with E-state index in [1.807, 2.05) is 11.7 Å². The van der Waals surface area contributed by atoms with E-state index in [1.54, 1.807) is 0 Å². The Morgan fingerprint density at radius 1 is 1.35 bits per heavy atom. The van der Waals surface area contributed by atoms with Gasteiger partial charge in [0.1, 0.15) is 5.82 Å². The first-order valence-electron chi connectivity index (χ1n) is 7.62. The van der Waals surface area contributed by atoms with Gasteiger partial charge in [0.25, 0.3) is 0 Å². The molecule has 0 spiro atoms. The second-order valence-electron chi connectivity index (χ2n) is 5.61. The molecular weight excluding hydrogens is 252 g/mol. The molecule has 116 valence electrons. The Hall–Kier alpha value is -1.07. The van der Waals surface area contributed by atoms with Crippen molar-refractivity contribution >= 4 is 5.82 Å². The van der Waals surface area contributed by atoms with Crippen molar-refractivity contribution in [2.24, 2.45) is 7.05 Å². The van der Waals surface area contributed by atoms with Crippen molar-refractivity contribution in [1.29, 1.82) is 0 Å². The van der Waals surface area contributed by atoms with Gasteiger partial charge in [0, 0.05) is 38.3 Å². The fourth-order valence-corrected chi connectivity index (χ4v) is 2.39. The van der Waals surface area contributed by atoms with E-state index < -0.39 is 0 Å². The van der Waals surface area contributed by atoms with Crippen LogP contribution in [0.4, 0.5) is 5.82 Å². The van der Waals surface area contributed by atoms with Crippen LogP contribution in [0.5, 0.6) is 0 Å². The minimum absolute atomic E-state index is 0.172. The van der Waals surface area contributed by atoms with Crippen LogP contribution >= 0.6 is 0 Å². The molecule has 1 heterocycles. The molecule has 5 heteroatoms. The lowest BCUT2D eigenvalue weighted by molar-refractivity contribution is 0.300. The SMILES string of the molecule is CCCCN(CCO)c1c(CNC(C)C)c(C)nn1C. The molecule has 2 N–H and O–H groups in total. The fourth-order valence-electron chi connectivity index (χ4n) is 2.39. The predicted octanol–water partition coefficient (Wildman–Crippen LogP) is 1.83. The zero-order valence-corrected chi connectivity index (χ0v) is 13.6. The number of rotatable bonds is 9. The van der Waals surface area contributed by atoms with E-state index >= 15 is 0 Å². The summed E-state index contributed by atoms with van der Waals surface area (Å²) < 4.78 is 1.94. The Bertz CT molecular complexity index is 401. The molecule has 0 atom stereocenters. The summed E-state index contributed by atoms with van der Waals surface area (Å²) >= 11 is 0. The lowest BCUT2D eigenvalue weighted by Gasteiger charge is -2.25. The topological polar surface area (TPSA) is 53.3 Å². The van der Waals surface area contributed by atoms with E-state index in [0.29, 0.717) is 12.6 Å². The molecule has 0 fully saturated rings. The third-order valence-electron chi connectivity index (χ3n) is 3.45. The number of hydrogen-bond acceptors (Lipinski definition) is 4. The summed E-state index contributed by atoms with van der Waals surface area (Å²) in [5, 5.41) is 17.3. The largest absolute Gasteiger partial charge is 0.395 e. The number of anilines is 1. The Labute approximate surface area is 123 Å². The highest BCUT2D eigenvalue weighted by Crippen LogP contribution is 2.23. The van der Waals surface area contributed by atoms with Gasteiger partial charge in [-0.3, -0.25) is 4.68 Å². The average Bonchev–Trinajstić information content (AvgIpc) is 2.66. The molecule has 5 nitrogen and oxygen atoms in total. The highest BCUT2D eigenvalue weighted by atomic mass is 16.3. The van der Waals surface area contributed by atoms with Crippen molar-refractivity contribution in [3.8, 4) is 0 Å². The predicted molar refractivity (Wildman–Crippen MR) is 84.1 cm³/mol. The van der Waals surface area contributed by atoms with E-state index in [-0.39, 0.29) is 6.61 Å². The summed E-state index contributed by atoms with van der Waals surface area (Å²) in [7, 11) is 1.98. The minimum atomic E-state index is 0.172. The molecular formula is C15H30N4O. The van der Waals surface area contributed by atoms with Crippen LogP contribution in [0.25, 0.3) is 0 Å². The van der Waals surface area contributed by atoms with Crippen molar-refractivity contribution < 1.29 is 5.11 Å². The molecule has 0 bridgehead atoms. The third-order valence-corrected chi connectivity index (χ3v) is 3.45. The molecule has 0 aliphatic carbocycles. The zero-order chi connectivity index (χ0) is 15.1. The van der Waals surface area contributed by atoms with Crippen LogP contribution in [0.15, 0.2) is 0 Å². The van der Waals surface area contributed by atoms with Crippen LogP contribution < -0.4 is 10.2 Å². The van der Waals surface area contributed by atoms with E-state index in [4.69, 9.17) is 0 Å². The highest BCUT2D eigenvalue weighted by molar-refractivity contribution is 5.50. The van der Waals surface area contributed by atoms with Crippen LogP contribution in [0.2, 0.25) is 0 Å². The van der Waals surface area contributed by atoms with Crippen molar-refractivity contribution in [2.75, 3.05) is 24.6 Å². The van der Waals surface area contributed by atoms with Crippen LogP contribution in [0.1, 0.15) is 44.9 Å². The maximum Gasteiger partial charge on any atom is 0.131 e. The highest BCUT2D eigenvalue weighted by Gasteiger charge is 2.18. The van der Waals surface area contributed by atoms with Crippen molar-refractivity contribution in [3.63, 3.8) is 0 Å². The van der Waals surface area contributed by atoms with Gasteiger partial charge < -0.3 is 15.3 Å². The summed E-state index contributed by atoms with van der Waals surface area (Å²) in [6.07, 6.45) is 2.28. The van der Waals surface area contributed by atoms with Crippen LogP contribution in [-0.4, -0.2) is 40.6 Å². The van der Waals surface area contributed by atoms with Gasteiger partial charge in [0.05, 0.1) is 12.3 Å². The van der Waals surface area contributed by atoms with Crippen LogP contribution in [0, 0.1) is 6.92 Å². The fraction of sp³-hybridized carbons (Fsp3) is 0.800. The van der Waals surface area contributed by atoms with Crippen LogP contribution in [-0.2, 0) is 13.6 Å².